The second-order valence-electron chi connectivity index (χ2n) is 6.34. The lowest BCUT2D eigenvalue weighted by Gasteiger charge is -2.03. The normalized spacial score (nSPS) is 12.9. The summed E-state index contributed by atoms with van der Waals surface area (Å²) in [5.74, 6) is -0.679. The van der Waals surface area contributed by atoms with Crippen LogP contribution in [0.5, 0.6) is 0 Å². The van der Waals surface area contributed by atoms with E-state index in [4.69, 9.17) is 27.7 Å². The van der Waals surface area contributed by atoms with Crippen LogP contribution in [0.25, 0.3) is 1.43 Å². The van der Waals surface area contributed by atoms with Gasteiger partial charge in [0, 0.05) is 6.04 Å². The Labute approximate surface area is 180 Å². The highest BCUT2D eigenvalue weighted by molar-refractivity contribution is 7.85. The Bertz CT molecular complexity index is 730. The van der Waals surface area contributed by atoms with Crippen LogP contribution in [0.4, 0.5) is 0 Å². The molecule has 0 aliphatic heterocycles. The van der Waals surface area contributed by atoms with E-state index in [1.165, 1.54) is 5.56 Å². The van der Waals surface area contributed by atoms with Crippen molar-refractivity contribution in [3.63, 3.8) is 0 Å². The van der Waals surface area contributed by atoms with E-state index in [-0.39, 0.29) is 6.04 Å². The van der Waals surface area contributed by atoms with Crippen LogP contribution in [0.1, 0.15) is 31.7 Å². The molecule has 11 nitrogen and oxygen atoms in total. The van der Waals surface area contributed by atoms with Crippen LogP contribution in [0, 0.1) is 0 Å². The van der Waals surface area contributed by atoms with Crippen LogP contribution >= 0.6 is 0 Å². The Hall–Kier alpha value is -1.61. The van der Waals surface area contributed by atoms with Gasteiger partial charge in [-0.05, 0) is 38.3 Å². The Morgan fingerprint density at radius 3 is 1.80 bits per heavy atom. The Morgan fingerprint density at radius 1 is 1.03 bits per heavy atom. The molecule has 1 aromatic rings. The maximum atomic E-state index is 10.5. The van der Waals surface area contributed by atoms with E-state index in [2.05, 4.69) is 17.2 Å². The fourth-order valence-electron chi connectivity index (χ4n) is 1.61. The van der Waals surface area contributed by atoms with Crippen molar-refractivity contribution < 1.29 is 35.8 Å². The molecule has 0 saturated carbocycles. The fraction of sp³-hybridized carbons (Fsp3) is 0.588. The quantitative estimate of drug-likeness (QED) is 0.229. The van der Waals surface area contributed by atoms with Gasteiger partial charge in [-0.15, -0.1) is 0 Å². The van der Waals surface area contributed by atoms with Crippen molar-refractivity contribution in [3.05, 3.63) is 35.9 Å². The van der Waals surface area contributed by atoms with Gasteiger partial charge in [0.15, 0.2) is 0 Å². The number of unbranched alkanes of at least 4 members (excludes halogenated alkanes) is 1. The van der Waals surface area contributed by atoms with Crippen molar-refractivity contribution in [2.75, 3.05) is 19.1 Å². The molecule has 0 heterocycles. The minimum atomic E-state index is -3.67. The molecule has 0 amide bonds. The van der Waals surface area contributed by atoms with Crippen molar-refractivity contribution >= 4 is 26.2 Å². The highest BCUT2D eigenvalue weighted by atomic mass is 32.2. The van der Waals surface area contributed by atoms with Gasteiger partial charge >= 0.3 is 5.97 Å². The topological polar surface area (TPSA) is 224 Å². The molecule has 0 bridgehead atoms. The first-order valence-corrected chi connectivity index (χ1v) is 12.5. The van der Waals surface area contributed by atoms with E-state index < -0.39 is 32.2 Å². The SMILES string of the molecule is CC(N)Cc1ccccc1.CS(=O)(=O)O.CS(=O)(=O)O.[2H]OC(=O)[C@@H](N)CCCCN. The molecule has 0 radical (unpaired) electrons. The summed E-state index contributed by atoms with van der Waals surface area (Å²) < 4.78 is 58.0. The van der Waals surface area contributed by atoms with Crippen LogP contribution in [-0.2, 0) is 31.5 Å². The summed E-state index contributed by atoms with van der Waals surface area (Å²) in [5.41, 5.74) is 17.5. The van der Waals surface area contributed by atoms with Gasteiger partial charge < -0.3 is 22.3 Å². The summed E-state index contributed by atoms with van der Waals surface area (Å²) in [5, 5.41) is 3.70. The maximum Gasteiger partial charge on any atom is 0.320 e. The van der Waals surface area contributed by atoms with Crippen LogP contribution in [0.15, 0.2) is 30.3 Å². The standard InChI is InChI=1S/C9H13N.C6H14N2O2.2CH4O3S/c1-8(10)7-9-5-3-2-4-6-9;7-4-2-1-3-5(8)6(9)10;2*1-5(2,3)4/h2-6,8H,7,10H2,1H3;5H,1-4,7-8H2,(H,9,10);2*1H3,(H,2,3,4)/t;5-;;/m.0../s1/i/hD. The lowest BCUT2D eigenvalue weighted by Crippen LogP contribution is -2.29. The lowest BCUT2D eigenvalue weighted by molar-refractivity contribution is -0.138. The molecule has 0 saturated heterocycles. The van der Waals surface area contributed by atoms with Crippen molar-refractivity contribution in [2.45, 2.75) is 44.7 Å². The van der Waals surface area contributed by atoms with Gasteiger partial charge in [-0.3, -0.25) is 13.9 Å². The second kappa shape index (κ2) is 18.2. The zero-order chi connectivity index (χ0) is 25.1. The molecule has 0 fully saturated rings. The van der Waals surface area contributed by atoms with Crippen LogP contribution in [-0.4, -0.2) is 68.2 Å². The summed E-state index contributed by atoms with van der Waals surface area (Å²) in [6.45, 7) is 2.62. The number of hydrogen-bond donors (Lipinski definition) is 6. The van der Waals surface area contributed by atoms with E-state index in [1.807, 2.05) is 25.1 Å². The molecule has 0 aromatic heterocycles. The van der Waals surface area contributed by atoms with Gasteiger partial charge in [-0.1, -0.05) is 36.8 Å². The Kier molecular flexibility index (Phi) is 18.5. The number of rotatable bonds is 7. The first kappa shape index (κ1) is 30.6. The predicted octanol–water partition coefficient (Wildman–Crippen LogP) is 0.112. The zero-order valence-corrected chi connectivity index (χ0v) is 19.1. The molecule has 9 N–H and O–H groups in total. The summed E-state index contributed by atoms with van der Waals surface area (Å²) in [6, 6.07) is 9.90. The molecule has 0 spiro atoms. The zero-order valence-electron chi connectivity index (χ0n) is 18.5. The average Bonchev–Trinajstić information content (AvgIpc) is 2.59. The molecule has 1 aromatic carbocycles. The van der Waals surface area contributed by atoms with E-state index in [0.29, 0.717) is 25.5 Å². The largest absolute Gasteiger partial charge is 0.480 e. The molecule has 178 valence electrons. The van der Waals surface area contributed by atoms with Gasteiger partial charge in [0.05, 0.1) is 12.5 Å². The molecule has 1 rings (SSSR count). The first-order chi connectivity index (χ1) is 14.0. The molecule has 30 heavy (non-hydrogen) atoms. The number of hydrogen-bond acceptors (Lipinski definition) is 9. The second-order valence-corrected chi connectivity index (χ2v) is 9.28. The van der Waals surface area contributed by atoms with Crippen molar-refractivity contribution in [2.24, 2.45) is 17.2 Å². The highest BCUT2D eigenvalue weighted by Crippen LogP contribution is 2.00. The summed E-state index contributed by atoms with van der Waals surface area (Å²) >= 11 is 0. The number of carboxylic acid groups (broad SMARTS) is 1. The Balaban J connectivity index is -0.000000359. The smallest absolute Gasteiger partial charge is 0.320 e. The minimum Gasteiger partial charge on any atom is -0.480 e. The molecule has 0 aliphatic carbocycles. The third kappa shape index (κ3) is 45.2. The third-order valence-electron chi connectivity index (χ3n) is 2.67. The Morgan fingerprint density at radius 2 is 1.47 bits per heavy atom. The predicted molar refractivity (Wildman–Crippen MR) is 117 cm³/mol. The van der Waals surface area contributed by atoms with E-state index >= 15 is 0 Å². The average molecular weight is 475 g/mol. The molecule has 0 aliphatic rings. The van der Waals surface area contributed by atoms with Crippen LogP contribution in [0.3, 0.4) is 0 Å². The molecule has 2 atom stereocenters. The molecule has 1 unspecified atom stereocenters. The number of benzene rings is 1. The lowest BCUT2D eigenvalue weighted by atomic mass is 10.1. The number of nitrogens with two attached hydrogens (primary N) is 3. The van der Waals surface area contributed by atoms with Crippen LogP contribution in [0.2, 0.25) is 0 Å². The first-order valence-electron chi connectivity index (χ1n) is 9.19. The van der Waals surface area contributed by atoms with Gasteiger partial charge in [0.1, 0.15) is 6.04 Å². The highest BCUT2D eigenvalue weighted by Gasteiger charge is 2.09. The van der Waals surface area contributed by atoms with Crippen molar-refractivity contribution in [1.82, 2.24) is 0 Å². The van der Waals surface area contributed by atoms with E-state index in [1.54, 1.807) is 0 Å². The van der Waals surface area contributed by atoms with E-state index in [0.717, 1.165) is 19.3 Å². The number of carbonyl (C=O) groups is 1. The maximum absolute atomic E-state index is 10.5. The summed E-state index contributed by atoms with van der Waals surface area (Å²) in [4.78, 5) is 10.5. The van der Waals surface area contributed by atoms with Gasteiger partial charge in [0.25, 0.3) is 21.7 Å². The number of aliphatic carboxylic acids is 1. The van der Waals surface area contributed by atoms with Gasteiger partial charge in [-0.25, -0.2) is 0 Å². The number of carboxylic acids is 1. The van der Waals surface area contributed by atoms with Crippen LogP contribution < -0.4 is 17.2 Å². The monoisotopic (exact) mass is 474 g/mol. The summed E-state index contributed by atoms with van der Waals surface area (Å²) in [7, 11) is -7.33. The van der Waals surface area contributed by atoms with Gasteiger partial charge in [-0.2, -0.15) is 16.8 Å². The molecule has 13 heteroatoms. The van der Waals surface area contributed by atoms with Gasteiger partial charge in [0.2, 0.25) is 0 Å². The van der Waals surface area contributed by atoms with Crippen molar-refractivity contribution in [3.8, 4) is 0 Å². The van der Waals surface area contributed by atoms with E-state index in [9.17, 15) is 21.6 Å². The van der Waals surface area contributed by atoms with Crippen molar-refractivity contribution in [1.29, 1.82) is 1.43 Å². The minimum absolute atomic E-state index is 0.266. The summed E-state index contributed by atoms with van der Waals surface area (Å²) in [6.07, 6.45) is 4.58. The molecular formula is C17H35N3O8S2. The fourth-order valence-corrected chi connectivity index (χ4v) is 1.61. The molecular weight excluding hydrogens is 438 g/mol. The third-order valence-corrected chi connectivity index (χ3v) is 2.67.